The van der Waals surface area contributed by atoms with Crippen molar-refractivity contribution in [3.63, 3.8) is 0 Å². The minimum Gasteiger partial charge on any atom is -0.351 e. The number of aromatic amines is 1. The summed E-state index contributed by atoms with van der Waals surface area (Å²) < 4.78 is 0. The minimum absolute atomic E-state index is 0.0237. The summed E-state index contributed by atoms with van der Waals surface area (Å²) in [6, 6.07) is 6.84. The predicted octanol–water partition coefficient (Wildman–Crippen LogP) is 3.95. The van der Waals surface area contributed by atoms with E-state index in [0.29, 0.717) is 30.1 Å². The summed E-state index contributed by atoms with van der Waals surface area (Å²) in [5.74, 6) is -0.486. The van der Waals surface area contributed by atoms with Gasteiger partial charge in [-0.15, -0.1) is 0 Å². The molecule has 1 aliphatic carbocycles. The monoisotopic (exact) mass is 527 g/mol. The van der Waals surface area contributed by atoms with Gasteiger partial charge in [-0.3, -0.25) is 14.4 Å². The summed E-state index contributed by atoms with van der Waals surface area (Å²) in [7, 11) is 1.79. The van der Waals surface area contributed by atoms with Gasteiger partial charge in [-0.2, -0.15) is 0 Å². The van der Waals surface area contributed by atoms with Crippen molar-refractivity contribution < 1.29 is 14.4 Å². The zero-order valence-electron chi connectivity index (χ0n) is 22.0. The van der Waals surface area contributed by atoms with E-state index in [1.165, 1.54) is 6.42 Å². The van der Waals surface area contributed by atoms with E-state index in [1.54, 1.807) is 18.0 Å². The number of halogens is 1. The third-order valence-corrected chi connectivity index (χ3v) is 8.91. The SMILES string of the molecule is CNC(CC1CC(C)(C)NC1=O)NC(=O)C1CC2(CCCCC2)CN1C(=O)c1cc2cccc(Cl)c2[nH]1. The standard InChI is InChI=1S/C28H38ClN5O3/c1-27(2)14-18(24(35)33-27)13-22(30-3)32-25(36)21-15-28(10-5-4-6-11-28)16-34(21)26(37)20-12-17-8-7-9-19(29)23(17)31-20/h7-9,12,18,21-22,30-31H,4-6,10-11,13-16H2,1-3H3,(H,32,36)(H,33,35). The van der Waals surface area contributed by atoms with Gasteiger partial charge < -0.3 is 25.8 Å². The van der Waals surface area contributed by atoms with Crippen molar-refractivity contribution in [1.82, 2.24) is 25.8 Å². The highest BCUT2D eigenvalue weighted by Crippen LogP contribution is 2.47. The molecule has 1 aromatic carbocycles. The van der Waals surface area contributed by atoms with Gasteiger partial charge in [0.1, 0.15) is 11.7 Å². The van der Waals surface area contributed by atoms with Gasteiger partial charge in [-0.05, 0) is 70.5 Å². The molecule has 2 aromatic rings. The third kappa shape index (κ3) is 5.23. The van der Waals surface area contributed by atoms with Crippen LogP contribution in [-0.4, -0.2) is 58.9 Å². The lowest BCUT2D eigenvalue weighted by Crippen LogP contribution is -2.53. The Morgan fingerprint density at radius 2 is 1.95 bits per heavy atom. The van der Waals surface area contributed by atoms with Crippen molar-refractivity contribution in [3.05, 3.63) is 35.0 Å². The first-order valence-corrected chi connectivity index (χ1v) is 13.9. The van der Waals surface area contributed by atoms with Crippen LogP contribution in [0.5, 0.6) is 0 Å². The topological polar surface area (TPSA) is 106 Å². The molecule has 3 unspecified atom stereocenters. The first-order chi connectivity index (χ1) is 17.6. The molecule has 1 spiro atoms. The van der Waals surface area contributed by atoms with E-state index < -0.39 is 6.04 Å². The second kappa shape index (κ2) is 9.95. The zero-order valence-corrected chi connectivity index (χ0v) is 22.7. The number of likely N-dealkylation sites (tertiary alicyclic amines) is 1. The summed E-state index contributed by atoms with van der Waals surface area (Å²) in [6.45, 7) is 4.61. The molecular formula is C28H38ClN5O3. The van der Waals surface area contributed by atoms with Crippen LogP contribution in [0.2, 0.25) is 5.02 Å². The molecule has 37 heavy (non-hydrogen) atoms. The van der Waals surface area contributed by atoms with E-state index in [1.807, 2.05) is 32.0 Å². The number of rotatable bonds is 6. The number of nitrogens with one attached hydrogen (secondary N) is 4. The number of hydrogen-bond acceptors (Lipinski definition) is 4. The summed E-state index contributed by atoms with van der Waals surface area (Å²) in [5.41, 5.74) is 0.912. The fourth-order valence-electron chi connectivity index (χ4n) is 6.74. The molecule has 0 bridgehead atoms. The number of fused-ring (bicyclic) bond motifs is 1. The molecule has 1 saturated carbocycles. The van der Waals surface area contributed by atoms with Crippen molar-refractivity contribution in [2.45, 2.75) is 83.0 Å². The molecule has 200 valence electrons. The van der Waals surface area contributed by atoms with E-state index in [4.69, 9.17) is 11.6 Å². The highest BCUT2D eigenvalue weighted by Gasteiger charge is 2.49. The highest BCUT2D eigenvalue weighted by molar-refractivity contribution is 6.35. The fourth-order valence-corrected chi connectivity index (χ4v) is 6.97. The Kier molecular flexibility index (Phi) is 7.00. The second-order valence-electron chi connectivity index (χ2n) is 12.0. The molecule has 2 aliphatic heterocycles. The van der Waals surface area contributed by atoms with E-state index in [-0.39, 0.29) is 40.8 Å². The number of amides is 3. The van der Waals surface area contributed by atoms with Crippen molar-refractivity contribution in [2.75, 3.05) is 13.6 Å². The fraction of sp³-hybridized carbons (Fsp3) is 0.607. The molecule has 2 saturated heterocycles. The van der Waals surface area contributed by atoms with Crippen molar-refractivity contribution in [1.29, 1.82) is 0 Å². The van der Waals surface area contributed by atoms with E-state index in [9.17, 15) is 14.4 Å². The number of H-pyrrole nitrogens is 1. The summed E-state index contributed by atoms with van der Waals surface area (Å²) in [6.07, 6.45) is 7.06. The predicted molar refractivity (Wildman–Crippen MR) is 144 cm³/mol. The van der Waals surface area contributed by atoms with Gasteiger partial charge in [0.25, 0.3) is 5.91 Å². The summed E-state index contributed by atoms with van der Waals surface area (Å²) >= 11 is 6.35. The molecular weight excluding hydrogens is 490 g/mol. The highest BCUT2D eigenvalue weighted by atomic mass is 35.5. The lowest BCUT2D eigenvalue weighted by atomic mass is 9.72. The van der Waals surface area contributed by atoms with Gasteiger partial charge in [0.15, 0.2) is 0 Å². The number of carbonyl (C=O) groups excluding carboxylic acids is 3. The smallest absolute Gasteiger partial charge is 0.271 e. The molecule has 3 aliphatic rings. The Balaban J connectivity index is 1.36. The Morgan fingerprint density at radius 1 is 1.19 bits per heavy atom. The number of benzene rings is 1. The Morgan fingerprint density at radius 3 is 2.59 bits per heavy atom. The van der Waals surface area contributed by atoms with Crippen LogP contribution in [0.25, 0.3) is 10.9 Å². The van der Waals surface area contributed by atoms with Crippen LogP contribution in [0, 0.1) is 11.3 Å². The van der Waals surface area contributed by atoms with Crippen LogP contribution in [-0.2, 0) is 9.59 Å². The van der Waals surface area contributed by atoms with Gasteiger partial charge >= 0.3 is 0 Å². The molecule has 1 aromatic heterocycles. The first-order valence-electron chi connectivity index (χ1n) is 13.5. The maximum Gasteiger partial charge on any atom is 0.271 e. The lowest BCUT2D eigenvalue weighted by Gasteiger charge is -2.32. The molecule has 0 radical (unpaired) electrons. The summed E-state index contributed by atoms with van der Waals surface area (Å²) in [4.78, 5) is 45.0. The number of hydrogen-bond donors (Lipinski definition) is 4. The Hall–Kier alpha value is -2.58. The van der Waals surface area contributed by atoms with Crippen LogP contribution >= 0.6 is 11.6 Å². The van der Waals surface area contributed by atoms with Gasteiger partial charge in [0, 0.05) is 23.4 Å². The molecule has 3 heterocycles. The molecule has 9 heteroatoms. The van der Waals surface area contributed by atoms with Crippen LogP contribution in [0.4, 0.5) is 0 Å². The van der Waals surface area contributed by atoms with Crippen molar-refractivity contribution >= 4 is 40.2 Å². The van der Waals surface area contributed by atoms with Crippen LogP contribution < -0.4 is 16.0 Å². The van der Waals surface area contributed by atoms with Crippen molar-refractivity contribution in [2.24, 2.45) is 11.3 Å². The third-order valence-electron chi connectivity index (χ3n) is 8.60. The number of nitrogens with zero attached hydrogens (tertiary/aromatic N) is 1. The maximum atomic E-state index is 13.8. The average Bonchev–Trinajstić information content (AvgIpc) is 3.52. The van der Waals surface area contributed by atoms with Crippen molar-refractivity contribution in [3.8, 4) is 0 Å². The summed E-state index contributed by atoms with van der Waals surface area (Å²) in [5, 5.41) is 10.8. The van der Waals surface area contributed by atoms with Gasteiger partial charge in [-0.25, -0.2) is 0 Å². The van der Waals surface area contributed by atoms with E-state index in [0.717, 1.165) is 43.0 Å². The molecule has 3 fully saturated rings. The van der Waals surface area contributed by atoms with Gasteiger partial charge in [0.2, 0.25) is 11.8 Å². The second-order valence-corrected chi connectivity index (χ2v) is 12.4. The molecule has 8 nitrogen and oxygen atoms in total. The largest absolute Gasteiger partial charge is 0.351 e. The normalized spacial score (nSPS) is 25.4. The Bertz CT molecular complexity index is 1200. The zero-order chi connectivity index (χ0) is 26.4. The molecule has 4 N–H and O–H groups in total. The van der Waals surface area contributed by atoms with Gasteiger partial charge in [0.05, 0.1) is 16.7 Å². The number of para-hydroxylation sites is 1. The Labute approximate surface area is 223 Å². The van der Waals surface area contributed by atoms with Crippen LogP contribution in [0.3, 0.4) is 0 Å². The average molecular weight is 528 g/mol. The molecule has 5 rings (SSSR count). The van der Waals surface area contributed by atoms with Crippen LogP contribution in [0.1, 0.15) is 75.7 Å². The van der Waals surface area contributed by atoms with E-state index >= 15 is 0 Å². The molecule has 3 amide bonds. The number of aromatic nitrogens is 1. The van der Waals surface area contributed by atoms with E-state index in [2.05, 4.69) is 20.9 Å². The first kappa shape index (κ1) is 26.0. The maximum absolute atomic E-state index is 13.8. The quantitative estimate of drug-likeness (QED) is 0.427. The minimum atomic E-state index is -0.558. The van der Waals surface area contributed by atoms with Gasteiger partial charge in [-0.1, -0.05) is 43.0 Å². The lowest BCUT2D eigenvalue weighted by molar-refractivity contribution is -0.127. The molecule has 3 atom stereocenters. The number of carbonyl (C=O) groups is 3. The van der Waals surface area contributed by atoms with Crippen LogP contribution in [0.15, 0.2) is 24.3 Å².